The van der Waals surface area contributed by atoms with Gasteiger partial charge in [0.1, 0.15) is 5.75 Å². The second-order valence-corrected chi connectivity index (χ2v) is 5.76. The Kier molecular flexibility index (Phi) is 6.44. The van der Waals surface area contributed by atoms with Gasteiger partial charge in [-0.25, -0.2) is 9.59 Å². The van der Waals surface area contributed by atoms with Gasteiger partial charge in [0.2, 0.25) is 0 Å². The molecule has 0 saturated carbocycles. The van der Waals surface area contributed by atoms with Gasteiger partial charge in [-0.05, 0) is 33.8 Å². The zero-order valence-electron chi connectivity index (χ0n) is 15.9. The van der Waals surface area contributed by atoms with Crippen LogP contribution in [-0.4, -0.2) is 36.8 Å². The third-order valence-electron chi connectivity index (χ3n) is 4.26. The molecule has 2 aromatic rings. The minimum absolute atomic E-state index is 0.233. The van der Waals surface area contributed by atoms with Gasteiger partial charge < -0.3 is 18.8 Å². The number of carbonyl (C=O) groups is 2. The van der Waals surface area contributed by atoms with Gasteiger partial charge >= 0.3 is 11.9 Å². The van der Waals surface area contributed by atoms with Crippen molar-refractivity contribution in [1.29, 1.82) is 0 Å². The van der Waals surface area contributed by atoms with Crippen LogP contribution in [0, 0.1) is 13.8 Å². The number of methoxy groups -OCH3 is 1. The highest BCUT2D eigenvalue weighted by atomic mass is 16.5. The average molecular weight is 359 g/mol. The third-order valence-corrected chi connectivity index (χ3v) is 4.26. The van der Waals surface area contributed by atoms with Crippen molar-refractivity contribution in [2.75, 3.05) is 20.3 Å². The highest BCUT2D eigenvalue weighted by molar-refractivity contribution is 6.05. The highest BCUT2D eigenvalue weighted by Crippen LogP contribution is 2.27. The SMILES string of the molecule is CCOC(=O)c1c(C(=O)OCC)c(C)n(Cc2ccccc2OC)c1C. The molecule has 1 heterocycles. The van der Waals surface area contributed by atoms with Crippen LogP contribution in [0.5, 0.6) is 5.75 Å². The summed E-state index contributed by atoms with van der Waals surface area (Å²) in [6, 6.07) is 7.64. The number of para-hydroxylation sites is 1. The molecule has 0 amide bonds. The molecule has 0 N–H and O–H groups in total. The number of ether oxygens (including phenoxy) is 3. The van der Waals surface area contributed by atoms with E-state index in [1.807, 2.05) is 28.8 Å². The molecule has 0 aliphatic carbocycles. The summed E-state index contributed by atoms with van der Waals surface area (Å²) in [7, 11) is 1.61. The zero-order chi connectivity index (χ0) is 19.3. The lowest BCUT2D eigenvalue weighted by Crippen LogP contribution is -2.13. The first kappa shape index (κ1) is 19.6. The number of hydrogen-bond donors (Lipinski definition) is 0. The molecular weight excluding hydrogens is 334 g/mol. The largest absolute Gasteiger partial charge is 0.496 e. The Morgan fingerprint density at radius 2 is 1.42 bits per heavy atom. The van der Waals surface area contributed by atoms with E-state index in [2.05, 4.69) is 0 Å². The number of hydrogen-bond acceptors (Lipinski definition) is 5. The fraction of sp³-hybridized carbons (Fsp3) is 0.400. The van der Waals surface area contributed by atoms with Crippen molar-refractivity contribution < 1.29 is 23.8 Å². The molecule has 0 aliphatic heterocycles. The van der Waals surface area contributed by atoms with E-state index in [1.165, 1.54) is 0 Å². The molecule has 2 rings (SSSR count). The Bertz CT molecular complexity index is 765. The van der Waals surface area contributed by atoms with Crippen LogP contribution in [-0.2, 0) is 16.0 Å². The topological polar surface area (TPSA) is 66.8 Å². The van der Waals surface area contributed by atoms with E-state index < -0.39 is 11.9 Å². The molecule has 0 atom stereocenters. The Labute approximate surface area is 153 Å². The lowest BCUT2D eigenvalue weighted by atomic mass is 10.1. The van der Waals surface area contributed by atoms with Gasteiger partial charge in [0.15, 0.2) is 0 Å². The fourth-order valence-electron chi connectivity index (χ4n) is 3.03. The van der Waals surface area contributed by atoms with E-state index in [9.17, 15) is 9.59 Å². The monoisotopic (exact) mass is 359 g/mol. The number of esters is 2. The van der Waals surface area contributed by atoms with Crippen molar-refractivity contribution in [3.63, 3.8) is 0 Å². The number of nitrogens with zero attached hydrogens (tertiary/aromatic N) is 1. The van der Waals surface area contributed by atoms with Gasteiger partial charge in [0.25, 0.3) is 0 Å². The molecule has 0 unspecified atom stereocenters. The summed E-state index contributed by atoms with van der Waals surface area (Å²) in [6.07, 6.45) is 0. The van der Waals surface area contributed by atoms with Gasteiger partial charge in [0, 0.05) is 17.0 Å². The van der Waals surface area contributed by atoms with Crippen LogP contribution in [0.1, 0.15) is 51.5 Å². The van der Waals surface area contributed by atoms with Crippen molar-refractivity contribution in [2.24, 2.45) is 0 Å². The number of rotatable bonds is 7. The molecule has 6 nitrogen and oxygen atoms in total. The molecule has 0 bridgehead atoms. The first-order chi connectivity index (χ1) is 12.5. The smallest absolute Gasteiger partial charge is 0.340 e. The lowest BCUT2D eigenvalue weighted by Gasteiger charge is -2.13. The van der Waals surface area contributed by atoms with Crippen LogP contribution >= 0.6 is 0 Å². The van der Waals surface area contributed by atoms with Crippen LogP contribution in [0.25, 0.3) is 0 Å². The van der Waals surface area contributed by atoms with E-state index in [0.717, 1.165) is 11.3 Å². The molecule has 0 aliphatic rings. The van der Waals surface area contributed by atoms with Gasteiger partial charge in [-0.15, -0.1) is 0 Å². The van der Waals surface area contributed by atoms with E-state index in [0.29, 0.717) is 17.9 Å². The van der Waals surface area contributed by atoms with E-state index >= 15 is 0 Å². The van der Waals surface area contributed by atoms with Crippen molar-refractivity contribution in [2.45, 2.75) is 34.2 Å². The minimum Gasteiger partial charge on any atom is -0.496 e. The molecule has 6 heteroatoms. The lowest BCUT2D eigenvalue weighted by molar-refractivity contribution is 0.0479. The molecule has 0 radical (unpaired) electrons. The van der Waals surface area contributed by atoms with Gasteiger partial charge in [0.05, 0.1) is 38.0 Å². The zero-order valence-corrected chi connectivity index (χ0v) is 15.9. The Hall–Kier alpha value is -2.76. The predicted octanol–water partition coefficient (Wildman–Crippen LogP) is 3.52. The van der Waals surface area contributed by atoms with Crippen LogP contribution < -0.4 is 4.74 Å². The fourth-order valence-corrected chi connectivity index (χ4v) is 3.03. The number of aromatic nitrogens is 1. The van der Waals surface area contributed by atoms with Crippen molar-refractivity contribution in [3.05, 3.63) is 52.3 Å². The van der Waals surface area contributed by atoms with E-state index in [1.54, 1.807) is 34.8 Å². The van der Waals surface area contributed by atoms with Crippen LogP contribution in [0.3, 0.4) is 0 Å². The molecule has 0 spiro atoms. The molecule has 0 saturated heterocycles. The molecule has 26 heavy (non-hydrogen) atoms. The number of benzene rings is 1. The summed E-state index contributed by atoms with van der Waals surface area (Å²) in [5, 5.41) is 0. The minimum atomic E-state index is -0.519. The summed E-state index contributed by atoms with van der Waals surface area (Å²) in [4.78, 5) is 24.9. The maximum Gasteiger partial charge on any atom is 0.340 e. The summed E-state index contributed by atoms with van der Waals surface area (Å²) < 4.78 is 17.6. The molecule has 0 fully saturated rings. The van der Waals surface area contributed by atoms with Gasteiger partial charge in [-0.2, -0.15) is 0 Å². The predicted molar refractivity (Wildman–Crippen MR) is 97.9 cm³/mol. The van der Waals surface area contributed by atoms with Crippen molar-refractivity contribution in [1.82, 2.24) is 4.57 Å². The maximum absolute atomic E-state index is 12.5. The first-order valence-electron chi connectivity index (χ1n) is 8.61. The van der Waals surface area contributed by atoms with E-state index in [-0.39, 0.29) is 24.3 Å². The molecule has 140 valence electrons. The third kappa shape index (κ3) is 3.74. The van der Waals surface area contributed by atoms with Crippen LogP contribution in [0.2, 0.25) is 0 Å². The molecular formula is C20H25NO5. The van der Waals surface area contributed by atoms with Crippen molar-refractivity contribution >= 4 is 11.9 Å². The Balaban J connectivity index is 2.58. The summed E-state index contributed by atoms with van der Waals surface area (Å²) in [5.74, 6) is -0.291. The standard InChI is InChI=1S/C20H25NO5/c1-6-25-19(22)17-13(3)21(14(4)18(17)20(23)26-7-2)12-15-10-8-9-11-16(15)24-5/h8-11H,6-7,12H2,1-5H3. The summed E-state index contributed by atoms with van der Waals surface area (Å²) in [5.41, 5.74) is 2.79. The first-order valence-corrected chi connectivity index (χ1v) is 8.61. The number of carbonyl (C=O) groups excluding carboxylic acids is 2. The summed E-state index contributed by atoms with van der Waals surface area (Å²) in [6.45, 7) is 8.00. The normalized spacial score (nSPS) is 10.5. The Morgan fingerprint density at radius 3 is 1.88 bits per heavy atom. The highest BCUT2D eigenvalue weighted by Gasteiger charge is 2.29. The average Bonchev–Trinajstić information content (AvgIpc) is 2.87. The van der Waals surface area contributed by atoms with Crippen LogP contribution in [0.15, 0.2) is 24.3 Å². The second-order valence-electron chi connectivity index (χ2n) is 5.76. The van der Waals surface area contributed by atoms with Gasteiger partial charge in [-0.1, -0.05) is 18.2 Å². The molecule has 1 aromatic heterocycles. The maximum atomic E-state index is 12.5. The second kappa shape index (κ2) is 8.56. The molecule has 1 aromatic carbocycles. The van der Waals surface area contributed by atoms with Gasteiger partial charge in [-0.3, -0.25) is 0 Å². The van der Waals surface area contributed by atoms with E-state index in [4.69, 9.17) is 14.2 Å². The summed E-state index contributed by atoms with van der Waals surface area (Å²) >= 11 is 0. The van der Waals surface area contributed by atoms with Crippen LogP contribution in [0.4, 0.5) is 0 Å². The van der Waals surface area contributed by atoms with Crippen molar-refractivity contribution in [3.8, 4) is 5.75 Å². The Morgan fingerprint density at radius 1 is 0.923 bits per heavy atom. The quantitative estimate of drug-likeness (QED) is 0.708.